The Bertz CT molecular complexity index is 976. The van der Waals surface area contributed by atoms with E-state index in [1.807, 2.05) is 0 Å². The second kappa shape index (κ2) is 6.98. The van der Waals surface area contributed by atoms with Gasteiger partial charge in [-0.05, 0) is 41.8 Å². The molecule has 0 spiro atoms. The molecule has 28 heavy (non-hydrogen) atoms. The van der Waals surface area contributed by atoms with E-state index in [9.17, 15) is 17.6 Å². The van der Waals surface area contributed by atoms with Crippen LogP contribution in [-0.2, 0) is 6.18 Å². The maximum Gasteiger partial charge on any atom is 0.418 e. The average molecular weight is 389 g/mol. The number of aromatic nitrogens is 1. The van der Waals surface area contributed by atoms with Crippen molar-refractivity contribution in [3.8, 4) is 22.3 Å². The summed E-state index contributed by atoms with van der Waals surface area (Å²) in [4.78, 5) is 4.63. The molecule has 0 aliphatic carbocycles. The number of halogens is 4. The number of nitrogens with two attached hydrogens (primary N) is 1. The fourth-order valence-electron chi connectivity index (χ4n) is 3.68. The summed E-state index contributed by atoms with van der Waals surface area (Å²) in [7, 11) is 0. The molecule has 1 unspecified atom stereocenters. The smallest absolute Gasteiger partial charge is 0.369 e. The lowest BCUT2D eigenvalue weighted by molar-refractivity contribution is -0.137. The van der Waals surface area contributed by atoms with E-state index < -0.39 is 11.7 Å². The minimum Gasteiger partial charge on any atom is -0.369 e. The monoisotopic (exact) mass is 389 g/mol. The number of alkyl halides is 3. The van der Waals surface area contributed by atoms with Gasteiger partial charge in [0.2, 0.25) is 0 Å². The molecular weight excluding hydrogens is 370 g/mol. The molecule has 1 saturated heterocycles. The molecule has 1 aliphatic rings. The number of anilines is 1. The maximum absolute atomic E-state index is 13.8. The van der Waals surface area contributed by atoms with E-state index in [2.05, 4.69) is 4.98 Å². The lowest BCUT2D eigenvalue weighted by atomic mass is 9.96. The molecule has 0 bridgehead atoms. The third-order valence-electron chi connectivity index (χ3n) is 5.08. The van der Waals surface area contributed by atoms with Crippen molar-refractivity contribution in [2.24, 2.45) is 5.73 Å². The van der Waals surface area contributed by atoms with Gasteiger partial charge in [0.25, 0.3) is 0 Å². The largest absolute Gasteiger partial charge is 0.418 e. The summed E-state index contributed by atoms with van der Waals surface area (Å²) >= 11 is 0. The van der Waals surface area contributed by atoms with Gasteiger partial charge in [0.1, 0.15) is 5.82 Å². The molecule has 146 valence electrons. The zero-order valence-corrected chi connectivity index (χ0v) is 14.9. The van der Waals surface area contributed by atoms with Crippen molar-refractivity contribution in [1.29, 1.82) is 0 Å². The number of hydrogen-bond acceptors (Lipinski definition) is 2. The molecule has 2 heterocycles. The minimum atomic E-state index is -4.48. The van der Waals surface area contributed by atoms with Crippen LogP contribution in [0, 0.1) is 5.82 Å². The lowest BCUT2D eigenvalue weighted by Crippen LogP contribution is -2.28. The topological polar surface area (TPSA) is 45.0 Å². The molecule has 1 aromatic heterocycles. The molecule has 0 radical (unpaired) electrons. The van der Waals surface area contributed by atoms with Gasteiger partial charge in [-0.25, -0.2) is 4.39 Å². The van der Waals surface area contributed by atoms with Crippen LogP contribution in [0.15, 0.2) is 54.9 Å². The van der Waals surface area contributed by atoms with Gasteiger partial charge < -0.3 is 15.6 Å². The van der Waals surface area contributed by atoms with Gasteiger partial charge >= 0.3 is 6.18 Å². The molecule has 3 aromatic rings. The van der Waals surface area contributed by atoms with E-state index in [0.29, 0.717) is 36.2 Å². The van der Waals surface area contributed by atoms with Crippen molar-refractivity contribution in [2.75, 3.05) is 18.0 Å². The Labute approximate surface area is 159 Å². The highest BCUT2D eigenvalue weighted by atomic mass is 19.4. The molecule has 1 atom stereocenters. The Morgan fingerprint density at radius 1 is 0.964 bits per heavy atom. The SMILES string of the molecule is NC1CCN(c2ccc(-c3c[nH]cc3-c3ccc(F)cc3)cc2C(F)(F)F)C1. The molecule has 1 fully saturated rings. The molecule has 0 saturated carbocycles. The van der Waals surface area contributed by atoms with E-state index >= 15 is 0 Å². The number of nitrogens with zero attached hydrogens (tertiary/aromatic N) is 1. The third kappa shape index (κ3) is 3.49. The highest BCUT2D eigenvalue weighted by molar-refractivity contribution is 5.84. The predicted molar refractivity (Wildman–Crippen MR) is 101 cm³/mol. The second-order valence-corrected chi connectivity index (χ2v) is 7.01. The number of H-pyrrole nitrogens is 1. The highest BCUT2D eigenvalue weighted by Gasteiger charge is 2.36. The molecule has 0 amide bonds. The van der Waals surface area contributed by atoms with Gasteiger partial charge in [-0.1, -0.05) is 18.2 Å². The first kappa shape index (κ1) is 18.6. The van der Waals surface area contributed by atoms with Gasteiger partial charge in [0.15, 0.2) is 0 Å². The average Bonchev–Trinajstić information content (AvgIpc) is 3.30. The van der Waals surface area contributed by atoms with Crippen molar-refractivity contribution < 1.29 is 17.6 Å². The molecule has 7 heteroatoms. The van der Waals surface area contributed by atoms with Crippen LogP contribution in [0.4, 0.5) is 23.2 Å². The number of benzene rings is 2. The summed E-state index contributed by atoms with van der Waals surface area (Å²) in [6.07, 6.45) is -0.460. The predicted octanol–water partition coefficient (Wildman–Crippen LogP) is 5.04. The number of nitrogens with one attached hydrogen (secondary N) is 1. The number of rotatable bonds is 3. The van der Waals surface area contributed by atoms with Crippen LogP contribution < -0.4 is 10.6 Å². The molecular formula is C21H19F4N3. The Balaban J connectivity index is 1.78. The Kier molecular flexibility index (Phi) is 4.63. The van der Waals surface area contributed by atoms with Gasteiger partial charge in [-0.3, -0.25) is 0 Å². The quantitative estimate of drug-likeness (QED) is 0.616. The van der Waals surface area contributed by atoms with Crippen LogP contribution in [0.25, 0.3) is 22.3 Å². The maximum atomic E-state index is 13.8. The first-order chi connectivity index (χ1) is 13.3. The highest BCUT2D eigenvalue weighted by Crippen LogP contribution is 2.41. The van der Waals surface area contributed by atoms with E-state index in [1.165, 1.54) is 24.3 Å². The van der Waals surface area contributed by atoms with Crippen molar-refractivity contribution in [3.05, 3.63) is 66.2 Å². The second-order valence-electron chi connectivity index (χ2n) is 7.01. The third-order valence-corrected chi connectivity index (χ3v) is 5.08. The molecule has 1 aliphatic heterocycles. The van der Waals surface area contributed by atoms with E-state index in [0.717, 1.165) is 5.56 Å². The zero-order valence-electron chi connectivity index (χ0n) is 14.9. The normalized spacial score (nSPS) is 17.3. The number of hydrogen-bond donors (Lipinski definition) is 2. The standard InChI is InChI=1S/C21H19F4N3/c22-15-4-1-13(2-5-15)17-10-27-11-18(17)14-3-6-20(19(9-14)21(23,24)25)28-8-7-16(26)12-28/h1-6,9-11,16,27H,7-8,12,26H2. The van der Waals surface area contributed by atoms with Gasteiger partial charge in [0.05, 0.1) is 5.56 Å². The first-order valence-corrected chi connectivity index (χ1v) is 8.98. The molecule has 4 rings (SSSR count). The Morgan fingerprint density at radius 3 is 2.21 bits per heavy atom. The molecule has 2 aromatic carbocycles. The summed E-state index contributed by atoms with van der Waals surface area (Å²) in [6.45, 7) is 0.919. The van der Waals surface area contributed by atoms with E-state index in [4.69, 9.17) is 5.73 Å². The van der Waals surface area contributed by atoms with Crippen molar-refractivity contribution in [1.82, 2.24) is 4.98 Å². The Morgan fingerprint density at radius 2 is 1.61 bits per heavy atom. The fourth-order valence-corrected chi connectivity index (χ4v) is 3.68. The molecule has 3 nitrogen and oxygen atoms in total. The van der Waals surface area contributed by atoms with Crippen molar-refractivity contribution >= 4 is 5.69 Å². The minimum absolute atomic E-state index is 0.115. The van der Waals surface area contributed by atoms with Gasteiger partial charge in [-0.15, -0.1) is 0 Å². The van der Waals surface area contributed by atoms with E-state index in [1.54, 1.807) is 35.5 Å². The number of aromatic amines is 1. The summed E-state index contributed by atoms with van der Waals surface area (Å²) in [5, 5.41) is 0. The zero-order chi connectivity index (χ0) is 19.9. The summed E-state index contributed by atoms with van der Waals surface area (Å²) in [5.41, 5.74) is 7.86. The molecule has 3 N–H and O–H groups in total. The van der Waals surface area contributed by atoms with Crippen LogP contribution >= 0.6 is 0 Å². The van der Waals surface area contributed by atoms with E-state index in [-0.39, 0.29) is 17.5 Å². The van der Waals surface area contributed by atoms with Crippen LogP contribution in [0.1, 0.15) is 12.0 Å². The van der Waals surface area contributed by atoms with Crippen molar-refractivity contribution in [2.45, 2.75) is 18.6 Å². The van der Waals surface area contributed by atoms with Crippen LogP contribution in [-0.4, -0.2) is 24.1 Å². The van der Waals surface area contributed by atoms with Gasteiger partial charge in [-0.2, -0.15) is 13.2 Å². The lowest BCUT2D eigenvalue weighted by Gasteiger charge is -2.23. The Hall–Kier alpha value is -2.80. The first-order valence-electron chi connectivity index (χ1n) is 8.98. The fraction of sp³-hybridized carbons (Fsp3) is 0.238. The van der Waals surface area contributed by atoms with Gasteiger partial charge in [0, 0.05) is 48.3 Å². The van der Waals surface area contributed by atoms with Crippen LogP contribution in [0.3, 0.4) is 0 Å². The van der Waals surface area contributed by atoms with Crippen LogP contribution in [0.2, 0.25) is 0 Å². The summed E-state index contributed by atoms with van der Waals surface area (Å²) < 4.78 is 54.6. The van der Waals surface area contributed by atoms with Crippen LogP contribution in [0.5, 0.6) is 0 Å². The summed E-state index contributed by atoms with van der Waals surface area (Å²) in [5.74, 6) is -0.367. The van der Waals surface area contributed by atoms with Crippen molar-refractivity contribution in [3.63, 3.8) is 0 Å². The summed E-state index contributed by atoms with van der Waals surface area (Å²) in [6, 6.07) is 10.1.